The van der Waals surface area contributed by atoms with Crippen molar-refractivity contribution in [2.24, 2.45) is 10.8 Å². The molecule has 0 aliphatic heterocycles. The number of rotatable bonds is 11. The zero-order valence-electron chi connectivity index (χ0n) is 21.4. The van der Waals surface area contributed by atoms with Gasteiger partial charge in [0.05, 0.1) is 44.0 Å². The number of carboxylic acid groups (broad SMARTS) is 1. The molecular weight excluding hydrogens is 476 g/mol. The maximum atomic E-state index is 13.3. The van der Waals surface area contributed by atoms with Gasteiger partial charge in [0.15, 0.2) is 0 Å². The summed E-state index contributed by atoms with van der Waals surface area (Å²) in [6.45, 7) is 4.24. The van der Waals surface area contributed by atoms with E-state index in [1.54, 1.807) is 49.7 Å². The van der Waals surface area contributed by atoms with E-state index in [4.69, 9.17) is 14.2 Å². The molecular formula is C27H32N4O6. The molecule has 1 amide bonds. The lowest BCUT2D eigenvalue weighted by Gasteiger charge is -2.36. The van der Waals surface area contributed by atoms with E-state index < -0.39 is 22.8 Å². The zero-order chi connectivity index (χ0) is 26.6. The van der Waals surface area contributed by atoms with Crippen molar-refractivity contribution >= 4 is 17.7 Å². The average molecular weight is 509 g/mol. The Hall–Kier alpha value is -4.08. The van der Waals surface area contributed by atoms with Crippen molar-refractivity contribution in [3.05, 3.63) is 60.8 Å². The molecule has 1 saturated carbocycles. The first-order valence-electron chi connectivity index (χ1n) is 12.0. The van der Waals surface area contributed by atoms with Crippen molar-refractivity contribution in [2.45, 2.75) is 39.0 Å². The molecule has 1 aliphatic rings. The predicted molar refractivity (Wildman–Crippen MR) is 136 cm³/mol. The van der Waals surface area contributed by atoms with E-state index in [9.17, 15) is 14.7 Å². The van der Waals surface area contributed by atoms with Crippen LogP contribution in [0.1, 0.15) is 44.9 Å². The van der Waals surface area contributed by atoms with Crippen molar-refractivity contribution < 1.29 is 28.9 Å². The maximum absolute atomic E-state index is 13.3. The Bertz CT molecular complexity index is 1230. The molecule has 3 aromatic rings. The third kappa shape index (κ3) is 5.84. The van der Waals surface area contributed by atoms with E-state index in [2.05, 4.69) is 15.3 Å². The molecule has 4 rings (SSSR count). The fraction of sp³-hybridized carbons (Fsp3) is 0.407. The number of hydrogen-bond donors (Lipinski definition) is 2. The van der Waals surface area contributed by atoms with Gasteiger partial charge >= 0.3 is 6.09 Å². The predicted octanol–water partition coefficient (Wildman–Crippen LogP) is 4.82. The average Bonchev–Trinajstić information content (AvgIpc) is 3.49. The summed E-state index contributed by atoms with van der Waals surface area (Å²) in [4.78, 5) is 33.8. The largest absolute Gasteiger partial charge is 0.497 e. The van der Waals surface area contributed by atoms with Crippen LogP contribution in [0.4, 0.5) is 10.5 Å². The number of amides is 1. The van der Waals surface area contributed by atoms with E-state index in [-0.39, 0.29) is 12.5 Å². The van der Waals surface area contributed by atoms with Gasteiger partial charge in [-0.3, -0.25) is 4.79 Å². The number of ether oxygens (including phenoxy) is 3. The number of carbonyl (C=O) groups is 2. The summed E-state index contributed by atoms with van der Waals surface area (Å²) in [5.41, 5.74) is -0.505. The van der Waals surface area contributed by atoms with Gasteiger partial charge in [0.1, 0.15) is 17.3 Å². The number of pyridine rings is 1. The minimum atomic E-state index is -1.12. The minimum Gasteiger partial charge on any atom is -0.497 e. The van der Waals surface area contributed by atoms with Crippen molar-refractivity contribution in [1.82, 2.24) is 14.5 Å². The first-order chi connectivity index (χ1) is 17.7. The summed E-state index contributed by atoms with van der Waals surface area (Å²) in [6.07, 6.45) is 5.34. The van der Waals surface area contributed by atoms with Crippen LogP contribution in [0.5, 0.6) is 17.4 Å². The fourth-order valence-electron chi connectivity index (χ4n) is 4.70. The van der Waals surface area contributed by atoms with Gasteiger partial charge in [-0.1, -0.05) is 13.8 Å². The standard InChI is InChI=1S/C27H32N4O6/c1-26(2,17-27(11-12-27)24(32)30-18-5-10-22(36-4)29-15-18)21(23-28-13-14-31(23)25(33)34)16-37-20-8-6-19(35-3)7-9-20/h5-10,13-15,21H,11-12,16-17H2,1-4H3,(H,30,32)(H,33,34). The molecule has 1 aliphatic carbocycles. The smallest absolute Gasteiger partial charge is 0.417 e. The molecule has 10 heteroatoms. The van der Waals surface area contributed by atoms with E-state index in [0.717, 1.165) is 17.4 Å². The second kappa shape index (κ2) is 10.5. The molecule has 0 bridgehead atoms. The van der Waals surface area contributed by atoms with Crippen molar-refractivity contribution in [1.29, 1.82) is 0 Å². The highest BCUT2D eigenvalue weighted by Crippen LogP contribution is 2.57. The number of nitrogens with one attached hydrogen (secondary N) is 1. The monoisotopic (exact) mass is 508 g/mol. The summed E-state index contributed by atoms with van der Waals surface area (Å²) >= 11 is 0. The van der Waals surface area contributed by atoms with Crippen LogP contribution in [0.25, 0.3) is 0 Å². The highest BCUT2D eigenvalue weighted by molar-refractivity contribution is 5.97. The molecule has 0 radical (unpaired) electrons. The molecule has 1 unspecified atom stereocenters. The lowest BCUT2D eigenvalue weighted by Crippen LogP contribution is -2.36. The Morgan fingerprint density at radius 3 is 2.35 bits per heavy atom. The second-order valence-electron chi connectivity index (χ2n) is 9.97. The van der Waals surface area contributed by atoms with Gasteiger partial charge in [0, 0.05) is 18.5 Å². The van der Waals surface area contributed by atoms with Crippen LogP contribution in [0.3, 0.4) is 0 Å². The van der Waals surface area contributed by atoms with Crippen LogP contribution >= 0.6 is 0 Å². The normalized spacial score (nSPS) is 14.9. The van der Waals surface area contributed by atoms with Crippen LogP contribution < -0.4 is 19.5 Å². The fourth-order valence-corrected chi connectivity index (χ4v) is 4.70. The molecule has 1 fully saturated rings. The van der Waals surface area contributed by atoms with Crippen LogP contribution in [0.15, 0.2) is 55.0 Å². The molecule has 0 spiro atoms. The summed E-state index contributed by atoms with van der Waals surface area (Å²) in [5, 5.41) is 12.7. The number of carbonyl (C=O) groups excluding carboxylic acids is 1. The Labute approximate surface area is 215 Å². The lowest BCUT2D eigenvalue weighted by molar-refractivity contribution is -0.122. The molecule has 1 atom stereocenters. The molecule has 37 heavy (non-hydrogen) atoms. The third-order valence-electron chi connectivity index (χ3n) is 6.94. The summed E-state index contributed by atoms with van der Waals surface area (Å²) in [5.74, 6) is 1.69. The molecule has 1 aromatic carbocycles. The first-order valence-corrected chi connectivity index (χ1v) is 12.0. The summed E-state index contributed by atoms with van der Waals surface area (Å²) in [6, 6.07) is 10.6. The number of nitrogens with zero attached hydrogens (tertiary/aromatic N) is 3. The molecule has 2 aromatic heterocycles. The number of benzene rings is 1. The van der Waals surface area contributed by atoms with E-state index in [0.29, 0.717) is 35.3 Å². The molecule has 2 heterocycles. The van der Waals surface area contributed by atoms with Gasteiger partial charge in [0.25, 0.3) is 0 Å². The van der Waals surface area contributed by atoms with Gasteiger partial charge in [0.2, 0.25) is 11.8 Å². The Morgan fingerprint density at radius 2 is 1.78 bits per heavy atom. The Balaban J connectivity index is 1.54. The van der Waals surface area contributed by atoms with Crippen molar-refractivity contribution in [3.63, 3.8) is 0 Å². The number of methoxy groups -OCH3 is 2. The molecule has 10 nitrogen and oxygen atoms in total. The van der Waals surface area contributed by atoms with Crippen molar-refractivity contribution in [3.8, 4) is 17.4 Å². The van der Waals surface area contributed by atoms with Crippen LogP contribution in [0.2, 0.25) is 0 Å². The van der Waals surface area contributed by atoms with Gasteiger partial charge in [-0.25, -0.2) is 19.3 Å². The highest BCUT2D eigenvalue weighted by Gasteiger charge is 2.54. The summed E-state index contributed by atoms with van der Waals surface area (Å²) < 4.78 is 17.5. The van der Waals surface area contributed by atoms with E-state index in [1.165, 1.54) is 19.5 Å². The van der Waals surface area contributed by atoms with Crippen LogP contribution in [-0.4, -0.2) is 52.5 Å². The summed E-state index contributed by atoms with van der Waals surface area (Å²) in [7, 11) is 3.13. The molecule has 196 valence electrons. The minimum absolute atomic E-state index is 0.0797. The van der Waals surface area contributed by atoms with Crippen LogP contribution in [-0.2, 0) is 4.79 Å². The maximum Gasteiger partial charge on any atom is 0.417 e. The van der Waals surface area contributed by atoms with E-state index in [1.807, 2.05) is 13.8 Å². The van der Waals surface area contributed by atoms with Crippen LogP contribution in [0, 0.1) is 10.8 Å². The zero-order valence-corrected chi connectivity index (χ0v) is 21.4. The lowest BCUT2D eigenvalue weighted by atomic mass is 9.71. The quantitative estimate of drug-likeness (QED) is 0.378. The van der Waals surface area contributed by atoms with Gasteiger partial charge in [-0.05, 0) is 55.0 Å². The van der Waals surface area contributed by atoms with Gasteiger partial charge < -0.3 is 24.6 Å². The van der Waals surface area contributed by atoms with Gasteiger partial charge in [-0.2, -0.15) is 0 Å². The topological polar surface area (TPSA) is 125 Å². The molecule has 0 saturated heterocycles. The SMILES string of the molecule is COc1ccc(OCC(c2nccn2C(=O)O)C(C)(C)CC2(C(=O)Nc3ccc(OC)nc3)CC2)cc1. The second-order valence-corrected chi connectivity index (χ2v) is 9.97. The number of anilines is 1. The first kappa shape index (κ1) is 26.0. The highest BCUT2D eigenvalue weighted by atomic mass is 16.5. The number of imidazole rings is 1. The van der Waals surface area contributed by atoms with Crippen molar-refractivity contribution in [2.75, 3.05) is 26.1 Å². The van der Waals surface area contributed by atoms with Gasteiger partial charge in [-0.15, -0.1) is 0 Å². The van der Waals surface area contributed by atoms with E-state index >= 15 is 0 Å². The third-order valence-corrected chi connectivity index (χ3v) is 6.94. The Kier molecular flexibility index (Phi) is 7.37. The molecule has 2 N–H and O–H groups in total. The number of hydrogen-bond acceptors (Lipinski definition) is 7. The Morgan fingerprint density at radius 1 is 1.08 bits per heavy atom. The number of aromatic nitrogens is 3.